The maximum Gasteiger partial charge on any atom is 0.309 e. The Balaban J connectivity index is 3.48. The van der Waals surface area contributed by atoms with Gasteiger partial charge in [0, 0.05) is 6.26 Å². The summed E-state index contributed by atoms with van der Waals surface area (Å²) in [5, 5.41) is 9.21. The van der Waals surface area contributed by atoms with Crippen LogP contribution >= 0.6 is 0 Å². The average molecular weight is 316 g/mol. The van der Waals surface area contributed by atoms with Crippen LogP contribution < -0.4 is 9.47 Å². The minimum Gasteiger partial charge on any atom is -0.493 e. The lowest BCUT2D eigenvalue weighted by atomic mass is 9.85. The van der Waals surface area contributed by atoms with Crippen LogP contribution in [0.1, 0.15) is 19.4 Å². The summed E-state index contributed by atoms with van der Waals surface area (Å²) < 4.78 is 33.9. The molecule has 0 fully saturated rings. The van der Waals surface area contributed by atoms with Crippen molar-refractivity contribution < 1.29 is 27.8 Å². The summed E-state index contributed by atoms with van der Waals surface area (Å²) in [5.74, 6) is -0.607. The van der Waals surface area contributed by atoms with Gasteiger partial charge in [-0.2, -0.15) is 0 Å². The molecule has 0 bridgehead atoms. The van der Waals surface area contributed by atoms with Crippen molar-refractivity contribution in [3.63, 3.8) is 0 Å². The van der Waals surface area contributed by atoms with Crippen LogP contribution in [0.25, 0.3) is 0 Å². The Morgan fingerprint density at radius 3 is 2.10 bits per heavy atom. The molecule has 0 aliphatic heterocycles. The predicted molar refractivity (Wildman–Crippen MR) is 77.8 cm³/mol. The van der Waals surface area contributed by atoms with Crippen LogP contribution in [-0.2, 0) is 21.1 Å². The lowest BCUT2D eigenvalue weighted by Gasteiger charge is -2.22. The van der Waals surface area contributed by atoms with Crippen molar-refractivity contribution in [1.29, 1.82) is 0 Å². The highest BCUT2D eigenvalue weighted by molar-refractivity contribution is 7.90. The molecule has 0 aromatic heterocycles. The summed E-state index contributed by atoms with van der Waals surface area (Å²) in [6.07, 6.45) is 1.26. The van der Waals surface area contributed by atoms with Gasteiger partial charge in [-0.25, -0.2) is 8.42 Å². The molecule has 0 aliphatic carbocycles. The number of methoxy groups -OCH3 is 2. The van der Waals surface area contributed by atoms with Crippen molar-refractivity contribution in [1.82, 2.24) is 0 Å². The summed E-state index contributed by atoms with van der Waals surface area (Å²) in [5.41, 5.74) is -0.431. The highest BCUT2D eigenvalue weighted by Crippen LogP contribution is 2.39. The summed E-state index contributed by atoms with van der Waals surface area (Å²) in [4.78, 5) is 11.3. The largest absolute Gasteiger partial charge is 0.493 e. The van der Waals surface area contributed by atoms with Gasteiger partial charge in [0.05, 0.1) is 19.6 Å². The number of carboxylic acid groups (broad SMARTS) is 1. The van der Waals surface area contributed by atoms with Gasteiger partial charge in [0.1, 0.15) is 4.90 Å². The van der Waals surface area contributed by atoms with Gasteiger partial charge in [-0.15, -0.1) is 0 Å². The van der Waals surface area contributed by atoms with E-state index in [0.29, 0.717) is 5.56 Å². The Morgan fingerprint density at radius 1 is 1.19 bits per heavy atom. The molecule has 1 aromatic rings. The van der Waals surface area contributed by atoms with Crippen molar-refractivity contribution in [2.75, 3.05) is 20.5 Å². The Hall–Kier alpha value is -1.76. The van der Waals surface area contributed by atoms with Gasteiger partial charge in [0.25, 0.3) is 0 Å². The highest BCUT2D eigenvalue weighted by Gasteiger charge is 2.30. The highest BCUT2D eigenvalue weighted by atomic mass is 32.2. The minimum absolute atomic E-state index is 0.0127. The molecule has 0 atom stereocenters. The number of benzene rings is 1. The molecule has 1 aromatic carbocycles. The van der Waals surface area contributed by atoms with Gasteiger partial charge < -0.3 is 14.6 Å². The van der Waals surface area contributed by atoms with Gasteiger partial charge in [0.2, 0.25) is 0 Å². The normalized spacial score (nSPS) is 12.0. The molecule has 1 N–H and O–H groups in total. The maximum atomic E-state index is 11.8. The molecular formula is C14H20O6S. The lowest BCUT2D eigenvalue weighted by molar-refractivity contribution is -0.146. The average Bonchev–Trinajstić information content (AvgIpc) is 2.35. The second-order valence-corrected chi connectivity index (χ2v) is 7.41. The quantitative estimate of drug-likeness (QED) is 0.860. The molecule has 0 spiro atoms. The number of hydrogen-bond acceptors (Lipinski definition) is 5. The number of hydrogen-bond donors (Lipinski definition) is 1. The number of sulfone groups is 1. The monoisotopic (exact) mass is 316 g/mol. The van der Waals surface area contributed by atoms with E-state index in [1.165, 1.54) is 20.3 Å². The maximum absolute atomic E-state index is 11.8. The Morgan fingerprint density at radius 2 is 1.71 bits per heavy atom. The van der Waals surface area contributed by atoms with Gasteiger partial charge in [0.15, 0.2) is 21.3 Å². The smallest absolute Gasteiger partial charge is 0.309 e. The topological polar surface area (TPSA) is 89.9 Å². The first-order valence-electron chi connectivity index (χ1n) is 6.22. The Bertz CT molecular complexity index is 646. The van der Waals surface area contributed by atoms with E-state index < -0.39 is 21.2 Å². The van der Waals surface area contributed by atoms with Crippen LogP contribution in [0.5, 0.6) is 11.5 Å². The molecule has 0 heterocycles. The molecule has 0 saturated heterocycles. The van der Waals surface area contributed by atoms with Crippen LogP contribution in [-0.4, -0.2) is 40.0 Å². The zero-order valence-corrected chi connectivity index (χ0v) is 13.6. The van der Waals surface area contributed by atoms with Crippen LogP contribution in [0.15, 0.2) is 17.0 Å². The molecule has 0 aliphatic rings. The number of carboxylic acids is 1. The lowest BCUT2D eigenvalue weighted by Crippen LogP contribution is -2.26. The van der Waals surface area contributed by atoms with E-state index >= 15 is 0 Å². The number of aliphatic carboxylic acids is 1. The third-order valence-electron chi connectivity index (χ3n) is 3.18. The number of ether oxygens (including phenoxy) is 2. The fraction of sp³-hybridized carbons (Fsp3) is 0.500. The standard InChI is InChI=1S/C14H20O6S/c1-14(2,13(15)16)8-9-6-7-10(21(5,17)18)12(20-4)11(9)19-3/h6-7H,8H2,1-5H3,(H,15,16). The summed E-state index contributed by atoms with van der Waals surface area (Å²) in [6, 6.07) is 2.96. The van der Waals surface area contributed by atoms with Crippen LogP contribution in [0.3, 0.4) is 0 Å². The van der Waals surface area contributed by atoms with E-state index in [-0.39, 0.29) is 22.8 Å². The molecule has 0 unspecified atom stereocenters. The van der Waals surface area contributed by atoms with Gasteiger partial charge in [-0.1, -0.05) is 6.07 Å². The Kier molecular flexibility index (Phi) is 4.88. The van der Waals surface area contributed by atoms with E-state index in [1.807, 2.05) is 0 Å². The first kappa shape index (κ1) is 17.3. The van der Waals surface area contributed by atoms with E-state index in [9.17, 15) is 18.3 Å². The third-order valence-corrected chi connectivity index (χ3v) is 4.30. The summed E-state index contributed by atoms with van der Waals surface area (Å²) in [6.45, 7) is 3.18. The summed E-state index contributed by atoms with van der Waals surface area (Å²) in [7, 11) is -0.740. The molecule has 118 valence electrons. The molecular weight excluding hydrogens is 296 g/mol. The molecule has 7 heteroatoms. The molecule has 1 rings (SSSR count). The van der Waals surface area contributed by atoms with Gasteiger partial charge in [-0.3, -0.25) is 4.79 Å². The van der Waals surface area contributed by atoms with E-state index in [4.69, 9.17) is 9.47 Å². The van der Waals surface area contributed by atoms with Crippen molar-refractivity contribution in [3.05, 3.63) is 17.7 Å². The van der Waals surface area contributed by atoms with E-state index in [1.54, 1.807) is 19.9 Å². The molecule has 0 saturated carbocycles. The van der Waals surface area contributed by atoms with Crippen LogP contribution in [0.4, 0.5) is 0 Å². The fourth-order valence-electron chi connectivity index (χ4n) is 1.99. The van der Waals surface area contributed by atoms with Crippen molar-refractivity contribution >= 4 is 15.8 Å². The van der Waals surface area contributed by atoms with Crippen molar-refractivity contribution in [3.8, 4) is 11.5 Å². The second kappa shape index (κ2) is 5.93. The number of rotatable bonds is 6. The first-order chi connectivity index (χ1) is 9.54. The third kappa shape index (κ3) is 3.66. The number of carbonyl (C=O) groups is 1. The second-order valence-electron chi connectivity index (χ2n) is 5.43. The molecule has 21 heavy (non-hydrogen) atoms. The van der Waals surface area contributed by atoms with Crippen molar-refractivity contribution in [2.45, 2.75) is 25.2 Å². The van der Waals surface area contributed by atoms with E-state index in [0.717, 1.165) is 6.26 Å². The predicted octanol–water partition coefficient (Wildman–Crippen LogP) is 1.76. The van der Waals surface area contributed by atoms with Crippen molar-refractivity contribution in [2.24, 2.45) is 5.41 Å². The van der Waals surface area contributed by atoms with Gasteiger partial charge in [-0.05, 0) is 31.9 Å². The first-order valence-corrected chi connectivity index (χ1v) is 8.11. The van der Waals surface area contributed by atoms with E-state index in [2.05, 4.69) is 0 Å². The zero-order valence-electron chi connectivity index (χ0n) is 12.8. The molecule has 6 nitrogen and oxygen atoms in total. The van der Waals surface area contributed by atoms with Crippen LogP contribution in [0.2, 0.25) is 0 Å². The summed E-state index contributed by atoms with van der Waals surface area (Å²) >= 11 is 0. The molecule has 0 amide bonds. The minimum atomic E-state index is -3.48. The zero-order chi connectivity index (χ0) is 16.4. The molecule has 0 radical (unpaired) electrons. The fourth-order valence-corrected chi connectivity index (χ4v) is 2.81. The van der Waals surface area contributed by atoms with Gasteiger partial charge >= 0.3 is 5.97 Å². The Labute approximate surface area is 124 Å². The SMILES string of the molecule is COc1c(CC(C)(C)C(=O)O)ccc(S(C)(=O)=O)c1OC. The van der Waals surface area contributed by atoms with Crippen LogP contribution in [0, 0.1) is 5.41 Å².